The van der Waals surface area contributed by atoms with E-state index in [2.05, 4.69) is 15.2 Å². The summed E-state index contributed by atoms with van der Waals surface area (Å²) in [6.07, 6.45) is 4.72. The second-order valence-corrected chi connectivity index (χ2v) is 11.5. The van der Waals surface area contributed by atoms with E-state index in [0.717, 1.165) is 16.9 Å². The lowest BCUT2D eigenvalue weighted by atomic mass is 9.85. The molecular weight excluding hydrogens is 562 g/mol. The average molecular weight is 604 g/mol. The van der Waals surface area contributed by atoms with Crippen LogP contribution in [-0.4, -0.2) is 99.8 Å². The predicted octanol–water partition coefficient (Wildman–Crippen LogP) is 0.686. The number of nitrogens with two attached hydrogens (primary N) is 1. The number of nitrogens with one attached hydrogen (secondary N) is 1. The van der Waals surface area contributed by atoms with Gasteiger partial charge >= 0.3 is 0 Å². The first kappa shape index (κ1) is 31.0. The molecule has 2 aromatic carbocycles. The molecular formula is C32H41N7O5. The van der Waals surface area contributed by atoms with Crippen LogP contribution in [0.4, 0.5) is 5.69 Å². The van der Waals surface area contributed by atoms with Crippen molar-refractivity contribution in [2.75, 3.05) is 44.9 Å². The highest BCUT2D eigenvalue weighted by atomic mass is 16.5. The molecule has 4 N–H and O–H groups in total. The monoisotopic (exact) mass is 603 g/mol. The van der Waals surface area contributed by atoms with Crippen molar-refractivity contribution in [2.24, 2.45) is 12.8 Å². The molecule has 2 atom stereocenters. The number of β-amino-alcohol motifs (C(OH)–C–C–N with tert-alkyl or cyclic N) is 1. The number of para-hydroxylation sites is 1. The summed E-state index contributed by atoms with van der Waals surface area (Å²) in [5.74, 6) is 0.0134. The van der Waals surface area contributed by atoms with Gasteiger partial charge in [0.25, 0.3) is 0 Å². The number of carbonyl (C=O) groups excluding carboxylic acids is 3. The number of rotatable bonds is 11. The SMILES string of the molecule is COc1ccc(C[C@@H](NC(=O)[C@@H](N)Cc2cncn2C)C(=O)N2CCC3(CC2)C(=O)N(CCO)CN3c2ccccc2)cc1. The van der Waals surface area contributed by atoms with Crippen molar-refractivity contribution in [3.63, 3.8) is 0 Å². The fraction of sp³-hybridized carbons (Fsp3) is 0.438. The number of carbonyl (C=O) groups is 3. The maximum absolute atomic E-state index is 14.0. The van der Waals surface area contributed by atoms with Gasteiger partial charge in [0.15, 0.2) is 0 Å². The zero-order valence-electron chi connectivity index (χ0n) is 25.3. The van der Waals surface area contributed by atoms with Crippen LogP contribution in [-0.2, 0) is 34.3 Å². The number of hydrogen-bond acceptors (Lipinski definition) is 8. The first-order valence-electron chi connectivity index (χ1n) is 14.9. The number of nitrogens with zero attached hydrogens (tertiary/aromatic N) is 5. The minimum Gasteiger partial charge on any atom is -0.497 e. The summed E-state index contributed by atoms with van der Waals surface area (Å²) in [6.45, 7) is 1.20. The molecule has 2 saturated heterocycles. The van der Waals surface area contributed by atoms with Crippen LogP contribution < -0.4 is 20.7 Å². The molecule has 2 fully saturated rings. The Balaban J connectivity index is 1.33. The van der Waals surface area contributed by atoms with Crippen molar-refractivity contribution in [1.29, 1.82) is 0 Å². The number of methoxy groups -OCH3 is 1. The molecule has 234 valence electrons. The Morgan fingerprint density at radius 3 is 2.41 bits per heavy atom. The van der Waals surface area contributed by atoms with Gasteiger partial charge in [-0.1, -0.05) is 30.3 Å². The van der Waals surface area contributed by atoms with Crippen molar-refractivity contribution >= 4 is 23.4 Å². The Bertz CT molecular complexity index is 1440. The number of anilines is 1. The molecule has 1 spiro atoms. The molecule has 12 nitrogen and oxygen atoms in total. The second kappa shape index (κ2) is 13.5. The van der Waals surface area contributed by atoms with E-state index in [0.29, 0.717) is 38.3 Å². The minimum atomic E-state index is -0.866. The van der Waals surface area contributed by atoms with Gasteiger partial charge in [-0.2, -0.15) is 0 Å². The first-order valence-corrected chi connectivity index (χ1v) is 14.9. The topological polar surface area (TPSA) is 146 Å². The van der Waals surface area contributed by atoms with Gasteiger partial charge in [-0.25, -0.2) is 4.98 Å². The van der Waals surface area contributed by atoms with Gasteiger partial charge in [0.2, 0.25) is 17.7 Å². The molecule has 0 unspecified atom stereocenters. The summed E-state index contributed by atoms with van der Waals surface area (Å²) >= 11 is 0. The standard InChI is InChI=1S/C32H41N7O5/c1-36-21-34-20-25(36)19-27(33)29(41)35-28(18-23-8-10-26(44-2)11-9-23)30(42)37-14-12-32(13-15-37)31(43)38(16-17-40)22-39(32)24-6-4-3-5-7-24/h3-11,20-21,27-28,40H,12-19,22,33H2,1-2H3,(H,35,41)/t27-,28+/m0/s1. The Morgan fingerprint density at radius 1 is 1.09 bits per heavy atom. The Labute approximate surface area is 257 Å². The number of aliphatic hydroxyl groups is 1. The van der Waals surface area contributed by atoms with Gasteiger partial charge in [-0.15, -0.1) is 0 Å². The van der Waals surface area contributed by atoms with Gasteiger partial charge < -0.3 is 40.2 Å². The summed E-state index contributed by atoms with van der Waals surface area (Å²) in [7, 11) is 3.43. The number of piperidine rings is 1. The van der Waals surface area contributed by atoms with Crippen LogP contribution in [0, 0.1) is 0 Å². The van der Waals surface area contributed by atoms with Crippen molar-refractivity contribution < 1.29 is 24.2 Å². The van der Waals surface area contributed by atoms with Crippen LogP contribution in [0.2, 0.25) is 0 Å². The Hall–Kier alpha value is -4.42. The largest absolute Gasteiger partial charge is 0.497 e. The summed E-state index contributed by atoms with van der Waals surface area (Å²) in [5, 5.41) is 12.5. The highest BCUT2D eigenvalue weighted by Gasteiger charge is 2.54. The number of aryl methyl sites for hydroxylation is 1. The maximum atomic E-state index is 14.0. The smallest absolute Gasteiger partial charge is 0.250 e. The second-order valence-electron chi connectivity index (χ2n) is 11.5. The zero-order valence-corrected chi connectivity index (χ0v) is 25.3. The third-order valence-corrected chi connectivity index (χ3v) is 8.75. The Morgan fingerprint density at radius 2 is 1.80 bits per heavy atom. The van der Waals surface area contributed by atoms with Crippen molar-refractivity contribution in [1.82, 2.24) is 24.7 Å². The third-order valence-electron chi connectivity index (χ3n) is 8.75. The number of ether oxygens (including phenoxy) is 1. The maximum Gasteiger partial charge on any atom is 0.250 e. The Kier molecular flexibility index (Phi) is 9.50. The zero-order chi connectivity index (χ0) is 31.3. The van der Waals surface area contributed by atoms with E-state index in [1.54, 1.807) is 34.0 Å². The van der Waals surface area contributed by atoms with Crippen LogP contribution in [0.1, 0.15) is 24.1 Å². The lowest BCUT2D eigenvalue weighted by Gasteiger charge is -2.44. The number of aliphatic hydroxyl groups excluding tert-OH is 1. The summed E-state index contributed by atoms with van der Waals surface area (Å²) in [4.78, 5) is 50.6. The number of likely N-dealkylation sites (tertiary alicyclic amines) is 1. The molecule has 12 heteroatoms. The quantitative estimate of drug-likeness (QED) is 0.290. The van der Waals surface area contributed by atoms with Crippen molar-refractivity contribution in [3.8, 4) is 5.75 Å². The predicted molar refractivity (Wildman–Crippen MR) is 165 cm³/mol. The molecule has 0 bridgehead atoms. The fourth-order valence-corrected chi connectivity index (χ4v) is 6.19. The molecule has 0 radical (unpaired) electrons. The molecule has 3 amide bonds. The summed E-state index contributed by atoms with van der Waals surface area (Å²) in [5.41, 5.74) is 8.06. The van der Waals surface area contributed by atoms with Gasteiger partial charge in [-0.3, -0.25) is 14.4 Å². The summed E-state index contributed by atoms with van der Waals surface area (Å²) < 4.78 is 7.08. The van der Waals surface area contributed by atoms with Crippen molar-refractivity contribution in [2.45, 2.75) is 43.3 Å². The number of amides is 3. The van der Waals surface area contributed by atoms with Gasteiger partial charge in [0, 0.05) is 57.1 Å². The van der Waals surface area contributed by atoms with E-state index < -0.39 is 23.5 Å². The van der Waals surface area contributed by atoms with E-state index in [-0.39, 0.29) is 37.8 Å². The van der Waals surface area contributed by atoms with E-state index in [1.165, 1.54) is 0 Å². The third kappa shape index (κ3) is 6.41. The number of hydrogen-bond donors (Lipinski definition) is 3. The molecule has 2 aliphatic heterocycles. The van der Waals surface area contributed by atoms with Crippen LogP contribution in [0.5, 0.6) is 5.75 Å². The number of aromatic nitrogens is 2. The fourth-order valence-electron chi connectivity index (χ4n) is 6.19. The molecule has 2 aliphatic rings. The van der Waals surface area contributed by atoms with E-state index in [1.807, 2.05) is 61.6 Å². The van der Waals surface area contributed by atoms with Crippen LogP contribution in [0.15, 0.2) is 67.1 Å². The van der Waals surface area contributed by atoms with Gasteiger partial charge in [0.05, 0.1) is 32.8 Å². The lowest BCUT2D eigenvalue weighted by molar-refractivity contribution is -0.141. The highest BCUT2D eigenvalue weighted by molar-refractivity contribution is 5.94. The van der Waals surface area contributed by atoms with Crippen LogP contribution in [0.25, 0.3) is 0 Å². The number of imidazole rings is 1. The minimum absolute atomic E-state index is 0.0354. The molecule has 1 aromatic heterocycles. The van der Waals surface area contributed by atoms with Crippen LogP contribution >= 0.6 is 0 Å². The van der Waals surface area contributed by atoms with Crippen molar-refractivity contribution in [3.05, 3.63) is 78.4 Å². The van der Waals surface area contributed by atoms with Crippen LogP contribution in [0.3, 0.4) is 0 Å². The molecule has 3 aromatic rings. The molecule has 3 heterocycles. The van der Waals surface area contributed by atoms with Gasteiger partial charge in [0.1, 0.15) is 17.3 Å². The lowest BCUT2D eigenvalue weighted by Crippen LogP contribution is -2.60. The van der Waals surface area contributed by atoms with E-state index in [9.17, 15) is 19.5 Å². The molecule has 0 saturated carbocycles. The molecule has 0 aliphatic carbocycles. The normalized spacial score (nSPS) is 17.5. The summed E-state index contributed by atoms with van der Waals surface area (Å²) in [6, 6.07) is 15.4. The highest BCUT2D eigenvalue weighted by Crippen LogP contribution is 2.39. The van der Waals surface area contributed by atoms with E-state index in [4.69, 9.17) is 10.5 Å². The van der Waals surface area contributed by atoms with E-state index >= 15 is 0 Å². The van der Waals surface area contributed by atoms with Gasteiger partial charge in [-0.05, 0) is 42.7 Å². The average Bonchev–Trinajstić information content (AvgIpc) is 3.57. The molecule has 5 rings (SSSR count). The molecule has 44 heavy (non-hydrogen) atoms. The number of benzene rings is 2. The first-order chi connectivity index (χ1) is 21.3.